The molecule has 0 fully saturated rings. The molecule has 3 nitrogen and oxygen atoms in total. The molecular formula is C16H19NO2. The van der Waals surface area contributed by atoms with Crippen LogP contribution in [0.5, 0.6) is 0 Å². The average Bonchev–Trinajstić information content (AvgIpc) is 2.46. The minimum absolute atomic E-state index is 0.273. The SMILES string of the molecule is CCNC(C)(C(=O)OC)c1ccc2ccccc2c1. The standard InChI is InChI=1S/C16H19NO2/c1-4-17-16(2,15(18)19-3)14-10-9-12-7-5-6-8-13(12)11-14/h5-11,17H,4H2,1-3H3. The number of ether oxygens (including phenoxy) is 1. The number of hydrogen-bond donors (Lipinski definition) is 1. The summed E-state index contributed by atoms with van der Waals surface area (Å²) < 4.78 is 4.93. The minimum atomic E-state index is -0.812. The number of hydrogen-bond acceptors (Lipinski definition) is 3. The molecule has 1 unspecified atom stereocenters. The second-order valence-corrected chi connectivity index (χ2v) is 4.71. The van der Waals surface area contributed by atoms with Crippen LogP contribution in [0, 0.1) is 0 Å². The van der Waals surface area contributed by atoms with E-state index in [2.05, 4.69) is 11.4 Å². The maximum absolute atomic E-state index is 12.1. The molecule has 0 saturated heterocycles. The Balaban J connectivity index is 2.53. The van der Waals surface area contributed by atoms with Crippen molar-refractivity contribution in [1.29, 1.82) is 0 Å². The van der Waals surface area contributed by atoms with Gasteiger partial charge in [0.05, 0.1) is 7.11 Å². The Morgan fingerprint density at radius 1 is 1.21 bits per heavy atom. The van der Waals surface area contributed by atoms with Crippen LogP contribution in [-0.4, -0.2) is 19.6 Å². The van der Waals surface area contributed by atoms with Crippen LogP contribution in [0.4, 0.5) is 0 Å². The largest absolute Gasteiger partial charge is 0.467 e. The Kier molecular flexibility index (Phi) is 3.86. The van der Waals surface area contributed by atoms with Gasteiger partial charge in [0, 0.05) is 0 Å². The molecule has 0 heterocycles. The lowest BCUT2D eigenvalue weighted by atomic mass is 9.90. The van der Waals surface area contributed by atoms with Gasteiger partial charge in [-0.2, -0.15) is 0 Å². The number of likely N-dealkylation sites (N-methyl/N-ethyl adjacent to an activating group) is 1. The lowest BCUT2D eigenvalue weighted by molar-refractivity contribution is -0.148. The molecule has 2 aromatic carbocycles. The molecule has 1 N–H and O–H groups in total. The van der Waals surface area contributed by atoms with Crippen molar-refractivity contribution in [2.24, 2.45) is 0 Å². The first-order chi connectivity index (χ1) is 9.11. The maximum atomic E-state index is 12.1. The number of carbonyl (C=O) groups excluding carboxylic acids is 1. The summed E-state index contributed by atoms with van der Waals surface area (Å²) in [5.41, 5.74) is 0.105. The van der Waals surface area contributed by atoms with E-state index in [0.29, 0.717) is 6.54 Å². The third kappa shape index (κ3) is 2.47. The van der Waals surface area contributed by atoms with Gasteiger partial charge in [-0.3, -0.25) is 5.32 Å². The second-order valence-electron chi connectivity index (χ2n) is 4.71. The molecule has 0 radical (unpaired) electrons. The van der Waals surface area contributed by atoms with Gasteiger partial charge in [-0.25, -0.2) is 4.79 Å². The van der Waals surface area contributed by atoms with Gasteiger partial charge in [0.25, 0.3) is 0 Å². The molecule has 0 aliphatic carbocycles. The second kappa shape index (κ2) is 5.41. The number of carbonyl (C=O) groups is 1. The molecule has 0 saturated carbocycles. The molecule has 1 atom stereocenters. The smallest absolute Gasteiger partial charge is 0.330 e. The van der Waals surface area contributed by atoms with Crippen LogP contribution in [0.2, 0.25) is 0 Å². The molecule has 19 heavy (non-hydrogen) atoms. The summed E-state index contributed by atoms with van der Waals surface area (Å²) in [6, 6.07) is 14.1. The number of rotatable bonds is 4. The van der Waals surface area contributed by atoms with E-state index >= 15 is 0 Å². The summed E-state index contributed by atoms with van der Waals surface area (Å²) in [7, 11) is 1.42. The molecule has 100 valence electrons. The van der Waals surface area contributed by atoms with Gasteiger partial charge in [-0.05, 0) is 35.9 Å². The van der Waals surface area contributed by atoms with E-state index in [1.165, 1.54) is 7.11 Å². The Labute approximate surface area is 113 Å². The molecule has 0 aliphatic heterocycles. The first-order valence-corrected chi connectivity index (χ1v) is 6.44. The first-order valence-electron chi connectivity index (χ1n) is 6.44. The van der Waals surface area contributed by atoms with Crippen LogP contribution in [-0.2, 0) is 15.1 Å². The fraction of sp³-hybridized carbons (Fsp3) is 0.312. The number of nitrogens with one attached hydrogen (secondary N) is 1. The summed E-state index contributed by atoms with van der Waals surface area (Å²) in [4.78, 5) is 12.1. The Hall–Kier alpha value is -1.87. The molecule has 0 aromatic heterocycles. The summed E-state index contributed by atoms with van der Waals surface area (Å²) >= 11 is 0. The van der Waals surface area contributed by atoms with Crippen molar-refractivity contribution in [3.8, 4) is 0 Å². The van der Waals surface area contributed by atoms with E-state index in [9.17, 15) is 4.79 Å². The number of esters is 1. The van der Waals surface area contributed by atoms with Gasteiger partial charge in [0.2, 0.25) is 0 Å². The van der Waals surface area contributed by atoms with Crippen LogP contribution < -0.4 is 5.32 Å². The van der Waals surface area contributed by atoms with Crippen molar-refractivity contribution in [2.75, 3.05) is 13.7 Å². The third-order valence-corrected chi connectivity index (χ3v) is 3.45. The van der Waals surface area contributed by atoms with E-state index in [-0.39, 0.29) is 5.97 Å². The third-order valence-electron chi connectivity index (χ3n) is 3.45. The predicted molar refractivity (Wildman–Crippen MR) is 77.0 cm³/mol. The molecule has 3 heteroatoms. The maximum Gasteiger partial charge on any atom is 0.330 e. The highest BCUT2D eigenvalue weighted by atomic mass is 16.5. The van der Waals surface area contributed by atoms with Crippen molar-refractivity contribution in [1.82, 2.24) is 5.32 Å². The van der Waals surface area contributed by atoms with Crippen LogP contribution in [0.3, 0.4) is 0 Å². The fourth-order valence-electron chi connectivity index (χ4n) is 2.35. The Bertz CT molecular complexity index is 594. The molecule has 2 rings (SSSR count). The van der Waals surface area contributed by atoms with Crippen LogP contribution in [0.25, 0.3) is 10.8 Å². The number of fused-ring (bicyclic) bond motifs is 1. The van der Waals surface area contributed by atoms with Crippen molar-refractivity contribution in [3.63, 3.8) is 0 Å². The zero-order valence-electron chi connectivity index (χ0n) is 11.6. The van der Waals surface area contributed by atoms with Gasteiger partial charge in [-0.15, -0.1) is 0 Å². The Morgan fingerprint density at radius 2 is 1.89 bits per heavy atom. The molecule has 0 bridgehead atoms. The first kappa shape index (κ1) is 13.6. The molecule has 0 spiro atoms. The molecule has 0 amide bonds. The fourth-order valence-corrected chi connectivity index (χ4v) is 2.35. The average molecular weight is 257 g/mol. The number of methoxy groups -OCH3 is 1. The quantitative estimate of drug-likeness (QED) is 0.856. The lowest BCUT2D eigenvalue weighted by Crippen LogP contribution is -2.47. The highest BCUT2D eigenvalue weighted by Crippen LogP contribution is 2.26. The van der Waals surface area contributed by atoms with Crippen molar-refractivity contribution >= 4 is 16.7 Å². The summed E-state index contributed by atoms with van der Waals surface area (Å²) in [6.07, 6.45) is 0. The zero-order valence-corrected chi connectivity index (χ0v) is 11.6. The monoisotopic (exact) mass is 257 g/mol. The van der Waals surface area contributed by atoms with Crippen LogP contribution in [0.1, 0.15) is 19.4 Å². The van der Waals surface area contributed by atoms with Gasteiger partial charge < -0.3 is 4.74 Å². The molecule has 2 aromatic rings. The molecule has 0 aliphatic rings. The Morgan fingerprint density at radius 3 is 2.53 bits per heavy atom. The van der Waals surface area contributed by atoms with Gasteiger partial charge >= 0.3 is 5.97 Å². The summed E-state index contributed by atoms with van der Waals surface area (Å²) in [5.74, 6) is -0.273. The van der Waals surface area contributed by atoms with Gasteiger partial charge in [0.1, 0.15) is 5.54 Å². The van der Waals surface area contributed by atoms with E-state index in [4.69, 9.17) is 4.74 Å². The van der Waals surface area contributed by atoms with Crippen molar-refractivity contribution in [2.45, 2.75) is 19.4 Å². The highest BCUT2D eigenvalue weighted by Gasteiger charge is 2.35. The minimum Gasteiger partial charge on any atom is -0.467 e. The number of benzene rings is 2. The van der Waals surface area contributed by atoms with E-state index in [1.807, 2.05) is 50.2 Å². The van der Waals surface area contributed by atoms with Gasteiger partial charge in [-0.1, -0.05) is 43.3 Å². The highest BCUT2D eigenvalue weighted by molar-refractivity contribution is 5.87. The van der Waals surface area contributed by atoms with Crippen molar-refractivity contribution < 1.29 is 9.53 Å². The van der Waals surface area contributed by atoms with Gasteiger partial charge in [0.15, 0.2) is 0 Å². The topological polar surface area (TPSA) is 38.3 Å². The van der Waals surface area contributed by atoms with Crippen LogP contribution >= 0.6 is 0 Å². The van der Waals surface area contributed by atoms with E-state index in [1.54, 1.807) is 0 Å². The van der Waals surface area contributed by atoms with Crippen molar-refractivity contribution in [3.05, 3.63) is 48.0 Å². The van der Waals surface area contributed by atoms with Crippen LogP contribution in [0.15, 0.2) is 42.5 Å². The van der Waals surface area contributed by atoms with E-state index < -0.39 is 5.54 Å². The predicted octanol–water partition coefficient (Wildman–Crippen LogP) is 2.84. The van der Waals surface area contributed by atoms with E-state index in [0.717, 1.165) is 16.3 Å². The zero-order chi connectivity index (χ0) is 13.9. The lowest BCUT2D eigenvalue weighted by Gasteiger charge is -2.28. The summed E-state index contributed by atoms with van der Waals surface area (Å²) in [6.45, 7) is 4.52. The normalized spacial score (nSPS) is 14.1. The molecular weight excluding hydrogens is 238 g/mol. The summed E-state index contributed by atoms with van der Waals surface area (Å²) in [5, 5.41) is 5.50.